The molecule has 7 nitrogen and oxygen atoms in total. The Morgan fingerprint density at radius 3 is 2.79 bits per heavy atom. The van der Waals surface area contributed by atoms with E-state index in [1.165, 1.54) is 13.3 Å². The lowest BCUT2D eigenvalue weighted by molar-refractivity contribution is 0.281. The van der Waals surface area contributed by atoms with Gasteiger partial charge in [-0.15, -0.1) is 0 Å². The first-order valence-corrected chi connectivity index (χ1v) is 9.12. The van der Waals surface area contributed by atoms with Crippen LogP contribution in [0.5, 0.6) is 17.4 Å². The van der Waals surface area contributed by atoms with Crippen molar-refractivity contribution in [3.63, 3.8) is 0 Å². The Balaban J connectivity index is 1.70. The van der Waals surface area contributed by atoms with E-state index in [9.17, 15) is 15.0 Å². The van der Waals surface area contributed by atoms with E-state index in [0.717, 1.165) is 23.1 Å². The summed E-state index contributed by atoms with van der Waals surface area (Å²) in [6.07, 6.45) is 4.04. The van der Waals surface area contributed by atoms with Gasteiger partial charge >= 0.3 is 0 Å². The van der Waals surface area contributed by atoms with Crippen LogP contribution in [-0.4, -0.2) is 35.1 Å². The molecular formula is C22H20N2O5. The lowest BCUT2D eigenvalue weighted by atomic mass is 9.99. The number of H-pyrrole nitrogens is 1. The fourth-order valence-electron chi connectivity index (χ4n) is 3.34. The highest BCUT2D eigenvalue weighted by atomic mass is 16.5. The molecule has 0 unspecified atom stereocenters. The predicted octanol–water partition coefficient (Wildman–Crippen LogP) is 3.33. The summed E-state index contributed by atoms with van der Waals surface area (Å²) in [4.78, 5) is 19.1. The average molecular weight is 392 g/mol. The van der Waals surface area contributed by atoms with Crippen molar-refractivity contribution in [2.45, 2.75) is 13.0 Å². The van der Waals surface area contributed by atoms with E-state index in [-0.39, 0.29) is 23.7 Å². The summed E-state index contributed by atoms with van der Waals surface area (Å²) >= 11 is 0. The first kappa shape index (κ1) is 18.6. The number of aromatic nitrogens is 1. The SMILES string of the molecule is COc1ccc(CN=Cc2c(O)[nH]c(=O)c3ccc(C4=COCC4)cc23)cc1O. The summed E-state index contributed by atoms with van der Waals surface area (Å²) in [5.74, 6) is 0.187. The number of fused-ring (bicyclic) bond motifs is 1. The zero-order valence-corrected chi connectivity index (χ0v) is 15.8. The third kappa shape index (κ3) is 3.67. The maximum atomic E-state index is 12.2. The van der Waals surface area contributed by atoms with Gasteiger partial charge in [0.1, 0.15) is 0 Å². The van der Waals surface area contributed by atoms with Crippen molar-refractivity contribution in [2.24, 2.45) is 4.99 Å². The highest BCUT2D eigenvalue weighted by molar-refractivity contribution is 6.02. The molecule has 0 fully saturated rings. The zero-order chi connectivity index (χ0) is 20.4. The molecule has 0 aliphatic carbocycles. The summed E-state index contributed by atoms with van der Waals surface area (Å²) in [7, 11) is 1.49. The lowest BCUT2D eigenvalue weighted by Crippen LogP contribution is -2.08. The van der Waals surface area contributed by atoms with E-state index in [2.05, 4.69) is 9.98 Å². The lowest BCUT2D eigenvalue weighted by Gasteiger charge is -2.08. The third-order valence-corrected chi connectivity index (χ3v) is 4.86. The fraction of sp³-hybridized carbons (Fsp3) is 0.182. The molecule has 0 saturated heterocycles. The van der Waals surface area contributed by atoms with Crippen LogP contribution in [0.2, 0.25) is 0 Å². The number of nitrogens with one attached hydrogen (secondary N) is 1. The first-order valence-electron chi connectivity index (χ1n) is 9.12. The van der Waals surface area contributed by atoms with Gasteiger partial charge in [-0.3, -0.25) is 14.8 Å². The van der Waals surface area contributed by atoms with Crippen molar-refractivity contribution in [3.05, 3.63) is 69.7 Å². The van der Waals surface area contributed by atoms with Crippen molar-refractivity contribution < 1.29 is 19.7 Å². The van der Waals surface area contributed by atoms with E-state index < -0.39 is 0 Å². The van der Waals surface area contributed by atoms with Gasteiger partial charge in [0.15, 0.2) is 11.5 Å². The minimum Gasteiger partial charge on any atom is -0.504 e. The van der Waals surface area contributed by atoms with Gasteiger partial charge in [-0.2, -0.15) is 0 Å². The van der Waals surface area contributed by atoms with Crippen LogP contribution in [0.4, 0.5) is 0 Å². The van der Waals surface area contributed by atoms with Gasteiger partial charge in [0.2, 0.25) is 5.88 Å². The summed E-state index contributed by atoms with van der Waals surface area (Å²) in [5.41, 5.74) is 2.83. The van der Waals surface area contributed by atoms with Crippen molar-refractivity contribution >= 4 is 22.6 Å². The Morgan fingerprint density at radius 1 is 1.21 bits per heavy atom. The van der Waals surface area contributed by atoms with Crippen molar-refractivity contribution in [1.29, 1.82) is 0 Å². The summed E-state index contributed by atoms with van der Waals surface area (Å²) < 4.78 is 10.3. The van der Waals surface area contributed by atoms with Crippen LogP contribution < -0.4 is 10.3 Å². The summed E-state index contributed by atoms with van der Waals surface area (Å²) in [6.45, 7) is 0.924. The van der Waals surface area contributed by atoms with Crippen LogP contribution in [0.3, 0.4) is 0 Å². The number of aromatic amines is 1. The second-order valence-electron chi connectivity index (χ2n) is 6.72. The Bertz CT molecular complexity index is 1190. The molecule has 3 aromatic rings. The Kier molecular flexibility index (Phi) is 4.95. The molecule has 1 aliphatic rings. The van der Waals surface area contributed by atoms with Gasteiger partial charge in [-0.05, 0) is 41.0 Å². The minimum atomic E-state index is -0.363. The van der Waals surface area contributed by atoms with Gasteiger partial charge in [0.05, 0.1) is 32.1 Å². The number of hydrogen-bond acceptors (Lipinski definition) is 6. The van der Waals surface area contributed by atoms with Gasteiger partial charge in [0.25, 0.3) is 5.56 Å². The summed E-state index contributed by atoms with van der Waals surface area (Å²) in [5, 5.41) is 21.3. The average Bonchev–Trinajstić information content (AvgIpc) is 3.25. The molecule has 3 N–H and O–H groups in total. The van der Waals surface area contributed by atoms with E-state index in [0.29, 0.717) is 28.7 Å². The van der Waals surface area contributed by atoms with Gasteiger partial charge < -0.3 is 19.7 Å². The Labute approximate surface area is 166 Å². The quantitative estimate of drug-likeness (QED) is 0.578. The van der Waals surface area contributed by atoms with Crippen LogP contribution >= 0.6 is 0 Å². The molecule has 7 heteroatoms. The number of rotatable bonds is 5. The van der Waals surface area contributed by atoms with E-state index in [1.807, 2.05) is 12.1 Å². The number of pyridine rings is 1. The minimum absolute atomic E-state index is 0.0363. The molecule has 0 atom stereocenters. The molecule has 0 bridgehead atoms. The summed E-state index contributed by atoms with van der Waals surface area (Å²) in [6, 6.07) is 10.5. The standard InChI is InChI=1S/C22H20N2O5/c1-28-20-5-2-13(8-19(20)25)10-23-11-18-17-9-14(15-6-7-29-12-15)3-4-16(17)21(26)24-22(18)27/h2-5,8-9,11-12,25H,6-7,10H2,1H3,(H2,24,26,27). The van der Waals surface area contributed by atoms with Gasteiger partial charge in [-0.1, -0.05) is 12.1 Å². The molecule has 0 amide bonds. The molecule has 148 valence electrons. The molecule has 0 spiro atoms. The monoisotopic (exact) mass is 392 g/mol. The molecule has 1 aliphatic heterocycles. The van der Waals surface area contributed by atoms with Gasteiger partial charge in [0, 0.05) is 23.4 Å². The molecule has 4 rings (SSSR count). The van der Waals surface area contributed by atoms with E-state index in [1.54, 1.807) is 30.5 Å². The smallest absolute Gasteiger partial charge is 0.258 e. The highest BCUT2D eigenvalue weighted by Crippen LogP contribution is 2.29. The van der Waals surface area contributed by atoms with Crippen LogP contribution in [0, 0.1) is 0 Å². The van der Waals surface area contributed by atoms with Crippen LogP contribution in [0.25, 0.3) is 16.3 Å². The molecule has 2 aromatic carbocycles. The van der Waals surface area contributed by atoms with Crippen LogP contribution in [0.15, 0.2) is 52.4 Å². The number of benzene rings is 2. The maximum Gasteiger partial charge on any atom is 0.258 e. The van der Waals surface area contributed by atoms with E-state index in [4.69, 9.17) is 9.47 Å². The first-order chi connectivity index (χ1) is 14.1. The highest BCUT2D eigenvalue weighted by Gasteiger charge is 2.14. The zero-order valence-electron chi connectivity index (χ0n) is 15.8. The number of ether oxygens (including phenoxy) is 2. The molecule has 0 saturated carbocycles. The van der Waals surface area contributed by atoms with Crippen LogP contribution in [-0.2, 0) is 11.3 Å². The Hall–Kier alpha value is -3.74. The number of nitrogens with zero attached hydrogens (tertiary/aromatic N) is 1. The third-order valence-electron chi connectivity index (χ3n) is 4.86. The van der Waals surface area contributed by atoms with Crippen molar-refractivity contribution in [1.82, 2.24) is 4.98 Å². The normalized spacial score (nSPS) is 13.6. The molecule has 1 aromatic heterocycles. The number of phenolic OH excluding ortho intramolecular Hbond substituents is 1. The molecular weight excluding hydrogens is 372 g/mol. The Morgan fingerprint density at radius 2 is 2.07 bits per heavy atom. The topological polar surface area (TPSA) is 104 Å². The number of methoxy groups -OCH3 is 1. The molecule has 29 heavy (non-hydrogen) atoms. The van der Waals surface area contributed by atoms with Crippen molar-refractivity contribution in [3.8, 4) is 17.4 Å². The molecule has 2 heterocycles. The predicted molar refractivity (Wildman–Crippen MR) is 111 cm³/mol. The number of phenols is 1. The second kappa shape index (κ2) is 7.71. The van der Waals surface area contributed by atoms with Crippen molar-refractivity contribution in [2.75, 3.05) is 13.7 Å². The maximum absolute atomic E-state index is 12.2. The number of aromatic hydroxyl groups is 2. The second-order valence-corrected chi connectivity index (χ2v) is 6.72. The van der Waals surface area contributed by atoms with Crippen LogP contribution in [0.1, 0.15) is 23.1 Å². The van der Waals surface area contributed by atoms with E-state index >= 15 is 0 Å². The fourth-order valence-corrected chi connectivity index (χ4v) is 3.34. The molecule has 0 radical (unpaired) electrons. The number of hydrogen-bond donors (Lipinski definition) is 3. The largest absolute Gasteiger partial charge is 0.504 e. The number of aliphatic imine (C=N–C) groups is 1. The van der Waals surface area contributed by atoms with Gasteiger partial charge in [-0.25, -0.2) is 0 Å².